The van der Waals surface area contributed by atoms with E-state index in [2.05, 4.69) is 24.7 Å². The average molecular weight is 460 g/mol. The summed E-state index contributed by atoms with van der Waals surface area (Å²) in [6.45, 7) is 4.77. The van der Waals surface area contributed by atoms with Crippen LogP contribution in [-0.2, 0) is 14.4 Å². The Morgan fingerprint density at radius 3 is 2.33 bits per heavy atom. The zero-order valence-corrected chi connectivity index (χ0v) is 19.5. The molecule has 9 nitrogen and oxygen atoms in total. The Hall–Kier alpha value is -3.10. The third-order valence-electron chi connectivity index (χ3n) is 6.19. The van der Waals surface area contributed by atoms with E-state index < -0.39 is 11.8 Å². The molecule has 2 N–H and O–H groups in total. The monoisotopic (exact) mass is 459 g/mol. The number of likely N-dealkylation sites (tertiary alicyclic amines) is 1. The summed E-state index contributed by atoms with van der Waals surface area (Å²) in [6.07, 6.45) is 4.20. The maximum atomic E-state index is 12.5. The quantitative estimate of drug-likeness (QED) is 0.433. The number of methoxy groups -OCH3 is 1. The normalized spacial score (nSPS) is 19.9. The zero-order chi connectivity index (χ0) is 24.0. The molecule has 0 radical (unpaired) electrons. The summed E-state index contributed by atoms with van der Waals surface area (Å²) in [5, 5.41) is 0. The highest BCUT2D eigenvalue weighted by Crippen LogP contribution is 2.38. The molecule has 33 heavy (non-hydrogen) atoms. The van der Waals surface area contributed by atoms with E-state index >= 15 is 0 Å². The van der Waals surface area contributed by atoms with Crippen molar-refractivity contribution in [3.8, 4) is 11.5 Å². The second-order valence-corrected chi connectivity index (χ2v) is 8.97. The SMILES string of the molecule is COc1cc(C(=O)NNC(=O)CCN2C(=O)[C@@H]3CCCC[C@H]3C2=O)ccc1OCCC(C)C. The first-order valence-corrected chi connectivity index (χ1v) is 11.6. The molecule has 4 amide bonds. The Bertz CT molecular complexity index is 876. The van der Waals surface area contributed by atoms with Crippen LogP contribution >= 0.6 is 0 Å². The number of hydrazine groups is 1. The van der Waals surface area contributed by atoms with Gasteiger partial charge in [0.15, 0.2) is 11.5 Å². The van der Waals surface area contributed by atoms with Crippen LogP contribution in [0.15, 0.2) is 18.2 Å². The van der Waals surface area contributed by atoms with Gasteiger partial charge in [-0.3, -0.25) is 34.9 Å². The molecule has 1 aromatic rings. The van der Waals surface area contributed by atoms with Gasteiger partial charge in [-0.25, -0.2) is 0 Å². The van der Waals surface area contributed by atoms with Gasteiger partial charge in [0, 0.05) is 18.5 Å². The van der Waals surface area contributed by atoms with Gasteiger partial charge in [0.05, 0.1) is 25.6 Å². The van der Waals surface area contributed by atoms with Crippen molar-refractivity contribution < 1.29 is 28.7 Å². The van der Waals surface area contributed by atoms with Crippen LogP contribution in [0.3, 0.4) is 0 Å². The molecular weight excluding hydrogens is 426 g/mol. The Kier molecular flexibility index (Phi) is 8.30. The lowest BCUT2D eigenvalue weighted by Gasteiger charge is -2.19. The van der Waals surface area contributed by atoms with Gasteiger partial charge in [0.2, 0.25) is 17.7 Å². The predicted octanol–water partition coefficient (Wildman–Crippen LogP) is 2.45. The van der Waals surface area contributed by atoms with Gasteiger partial charge in [-0.05, 0) is 43.4 Å². The van der Waals surface area contributed by atoms with Crippen LogP contribution in [0.25, 0.3) is 0 Å². The first-order valence-electron chi connectivity index (χ1n) is 11.6. The molecule has 3 rings (SSSR count). The maximum Gasteiger partial charge on any atom is 0.269 e. The highest BCUT2D eigenvalue weighted by Gasteiger charge is 2.47. The minimum atomic E-state index is -0.519. The molecular formula is C24H33N3O6. The van der Waals surface area contributed by atoms with Crippen molar-refractivity contribution >= 4 is 23.6 Å². The van der Waals surface area contributed by atoms with E-state index in [1.165, 1.54) is 18.1 Å². The summed E-state index contributed by atoms with van der Waals surface area (Å²) >= 11 is 0. The number of hydrogen-bond acceptors (Lipinski definition) is 6. The minimum Gasteiger partial charge on any atom is -0.493 e. The third-order valence-corrected chi connectivity index (χ3v) is 6.19. The number of carbonyl (C=O) groups excluding carboxylic acids is 4. The fraction of sp³-hybridized carbons (Fsp3) is 0.583. The summed E-state index contributed by atoms with van der Waals surface area (Å²) in [4.78, 5) is 50.8. The predicted molar refractivity (Wildman–Crippen MR) is 120 cm³/mol. The summed E-state index contributed by atoms with van der Waals surface area (Å²) in [6, 6.07) is 4.77. The Morgan fingerprint density at radius 2 is 1.73 bits per heavy atom. The summed E-state index contributed by atoms with van der Waals surface area (Å²) < 4.78 is 11.0. The van der Waals surface area contributed by atoms with Crippen LogP contribution in [0.4, 0.5) is 0 Å². The van der Waals surface area contributed by atoms with Crippen molar-refractivity contribution in [2.24, 2.45) is 17.8 Å². The number of carbonyl (C=O) groups is 4. The average Bonchev–Trinajstić information content (AvgIpc) is 3.05. The fourth-order valence-electron chi connectivity index (χ4n) is 4.26. The lowest BCUT2D eigenvalue weighted by molar-refractivity contribution is -0.140. The van der Waals surface area contributed by atoms with Crippen molar-refractivity contribution in [2.75, 3.05) is 20.3 Å². The number of amides is 4. The molecule has 9 heteroatoms. The molecule has 1 aliphatic heterocycles. The number of imide groups is 1. The topological polar surface area (TPSA) is 114 Å². The molecule has 2 atom stereocenters. The standard InChI is InChI=1S/C24H33N3O6/c1-15(2)11-13-33-19-9-8-16(14-20(19)32-3)22(29)26-25-21(28)10-12-27-23(30)17-6-4-5-7-18(17)24(27)31/h8-9,14-15,17-18H,4-7,10-13H2,1-3H3,(H,25,28)(H,26,29)/t17-,18-/m1/s1. The van der Waals surface area contributed by atoms with E-state index in [0.29, 0.717) is 24.0 Å². The number of nitrogens with zero attached hydrogens (tertiary/aromatic N) is 1. The molecule has 1 saturated carbocycles. The van der Waals surface area contributed by atoms with Gasteiger partial charge >= 0.3 is 0 Å². The zero-order valence-electron chi connectivity index (χ0n) is 19.5. The first-order chi connectivity index (χ1) is 15.8. The van der Waals surface area contributed by atoms with Gasteiger partial charge in [0.1, 0.15) is 0 Å². The Morgan fingerprint density at radius 1 is 1.06 bits per heavy atom. The van der Waals surface area contributed by atoms with Crippen molar-refractivity contribution in [1.82, 2.24) is 15.8 Å². The van der Waals surface area contributed by atoms with E-state index in [4.69, 9.17) is 9.47 Å². The lowest BCUT2D eigenvalue weighted by atomic mass is 9.81. The second kappa shape index (κ2) is 11.2. The lowest BCUT2D eigenvalue weighted by Crippen LogP contribution is -2.43. The van der Waals surface area contributed by atoms with E-state index in [-0.39, 0.29) is 42.2 Å². The number of rotatable bonds is 9. The molecule has 1 heterocycles. The Labute approximate surface area is 194 Å². The summed E-state index contributed by atoms with van der Waals surface area (Å²) in [5.74, 6) is -0.356. The fourth-order valence-corrected chi connectivity index (χ4v) is 4.26. The van der Waals surface area contributed by atoms with E-state index in [1.54, 1.807) is 12.1 Å². The van der Waals surface area contributed by atoms with Crippen LogP contribution < -0.4 is 20.3 Å². The van der Waals surface area contributed by atoms with Gasteiger partial charge in [-0.15, -0.1) is 0 Å². The van der Waals surface area contributed by atoms with E-state index in [9.17, 15) is 19.2 Å². The summed E-state index contributed by atoms with van der Waals surface area (Å²) in [7, 11) is 1.49. The van der Waals surface area contributed by atoms with Crippen LogP contribution in [0.2, 0.25) is 0 Å². The molecule has 1 aromatic carbocycles. The van der Waals surface area contributed by atoms with Gasteiger partial charge in [0.25, 0.3) is 5.91 Å². The van der Waals surface area contributed by atoms with Gasteiger partial charge in [-0.2, -0.15) is 0 Å². The molecule has 1 aliphatic carbocycles. The van der Waals surface area contributed by atoms with Crippen LogP contribution in [-0.4, -0.2) is 48.8 Å². The largest absolute Gasteiger partial charge is 0.493 e. The molecule has 0 unspecified atom stereocenters. The number of benzene rings is 1. The molecule has 2 fully saturated rings. The van der Waals surface area contributed by atoms with Gasteiger partial charge < -0.3 is 9.47 Å². The van der Waals surface area contributed by atoms with E-state index in [0.717, 1.165) is 32.1 Å². The highest BCUT2D eigenvalue weighted by atomic mass is 16.5. The molecule has 2 aliphatic rings. The van der Waals surface area contributed by atoms with Crippen LogP contribution in [0.1, 0.15) is 62.7 Å². The summed E-state index contributed by atoms with van der Waals surface area (Å²) in [5.41, 5.74) is 4.98. The second-order valence-electron chi connectivity index (χ2n) is 8.97. The molecule has 0 aromatic heterocycles. The van der Waals surface area contributed by atoms with Crippen molar-refractivity contribution in [3.63, 3.8) is 0 Å². The Balaban J connectivity index is 1.47. The molecule has 1 saturated heterocycles. The van der Waals surface area contributed by atoms with Gasteiger partial charge in [-0.1, -0.05) is 26.7 Å². The third kappa shape index (κ3) is 6.03. The number of fused-ring (bicyclic) bond motifs is 1. The smallest absolute Gasteiger partial charge is 0.269 e. The number of hydrogen-bond donors (Lipinski definition) is 2. The minimum absolute atomic E-state index is 0.0165. The van der Waals surface area contributed by atoms with Crippen molar-refractivity contribution in [1.29, 1.82) is 0 Å². The molecule has 180 valence electrons. The van der Waals surface area contributed by atoms with Crippen LogP contribution in [0.5, 0.6) is 11.5 Å². The molecule has 0 spiro atoms. The maximum absolute atomic E-state index is 12.5. The number of nitrogens with one attached hydrogen (secondary N) is 2. The highest BCUT2D eigenvalue weighted by molar-refractivity contribution is 6.05. The van der Waals surface area contributed by atoms with Crippen molar-refractivity contribution in [2.45, 2.75) is 52.4 Å². The van der Waals surface area contributed by atoms with E-state index in [1.807, 2.05) is 0 Å². The first kappa shape index (κ1) is 24.5. The van der Waals surface area contributed by atoms with Crippen LogP contribution in [0, 0.1) is 17.8 Å². The molecule has 0 bridgehead atoms. The number of ether oxygens (including phenoxy) is 2. The van der Waals surface area contributed by atoms with Crippen molar-refractivity contribution in [3.05, 3.63) is 23.8 Å².